The summed E-state index contributed by atoms with van der Waals surface area (Å²) in [5.74, 6) is -0.171. The average molecular weight is 324 g/mol. The maximum Gasteiger partial charge on any atom is 0.256 e. The molecule has 24 heavy (non-hydrogen) atoms. The number of methoxy groups -OCH3 is 1. The number of ether oxygens (including phenoxy) is 1. The zero-order valence-electron chi connectivity index (χ0n) is 13.8. The number of carbonyl (C=O) groups is 1. The number of rotatable bonds is 6. The largest absolute Gasteiger partial charge is 0.385 e. The lowest BCUT2D eigenvalue weighted by Gasteiger charge is -2.06. The molecule has 3 rings (SSSR count). The van der Waals surface area contributed by atoms with Crippen LogP contribution in [-0.2, 0) is 4.74 Å². The van der Waals surface area contributed by atoms with E-state index in [9.17, 15) is 4.79 Å². The molecule has 1 N–H and O–H groups in total. The minimum atomic E-state index is -0.171. The third-order valence-electron chi connectivity index (χ3n) is 3.77. The van der Waals surface area contributed by atoms with Gasteiger partial charge in [0.1, 0.15) is 5.56 Å². The van der Waals surface area contributed by atoms with Crippen molar-refractivity contribution in [3.63, 3.8) is 0 Å². The first-order chi connectivity index (χ1) is 11.7. The molecular weight excluding hydrogens is 304 g/mol. The van der Waals surface area contributed by atoms with Crippen molar-refractivity contribution in [1.82, 2.24) is 19.9 Å². The van der Waals surface area contributed by atoms with Crippen molar-refractivity contribution in [2.45, 2.75) is 13.3 Å². The second kappa shape index (κ2) is 7.23. The second-order valence-corrected chi connectivity index (χ2v) is 5.60. The first-order valence-electron chi connectivity index (χ1n) is 7.87. The van der Waals surface area contributed by atoms with Gasteiger partial charge in [-0.25, -0.2) is 9.50 Å². The number of amides is 1. The van der Waals surface area contributed by atoms with Crippen molar-refractivity contribution in [2.24, 2.45) is 0 Å². The number of nitrogens with one attached hydrogen (secondary N) is 1. The third kappa shape index (κ3) is 3.28. The molecule has 0 aliphatic heterocycles. The summed E-state index contributed by atoms with van der Waals surface area (Å²) < 4.78 is 6.69. The average Bonchev–Trinajstić information content (AvgIpc) is 3.02. The normalized spacial score (nSPS) is 10.9. The van der Waals surface area contributed by atoms with Crippen molar-refractivity contribution >= 4 is 11.6 Å². The minimum absolute atomic E-state index is 0.171. The maximum atomic E-state index is 12.3. The molecule has 3 aromatic rings. The minimum Gasteiger partial charge on any atom is -0.385 e. The zero-order valence-corrected chi connectivity index (χ0v) is 13.8. The van der Waals surface area contributed by atoms with Gasteiger partial charge in [0.05, 0.1) is 11.9 Å². The van der Waals surface area contributed by atoms with E-state index >= 15 is 0 Å². The van der Waals surface area contributed by atoms with Gasteiger partial charge in [-0.05, 0) is 25.5 Å². The van der Waals surface area contributed by atoms with Gasteiger partial charge in [0.2, 0.25) is 0 Å². The lowest BCUT2D eigenvalue weighted by Crippen LogP contribution is -2.25. The van der Waals surface area contributed by atoms with Crippen molar-refractivity contribution in [3.8, 4) is 11.3 Å². The summed E-state index contributed by atoms with van der Waals surface area (Å²) in [6.07, 6.45) is 4.03. The number of carbonyl (C=O) groups excluding carboxylic acids is 1. The van der Waals surface area contributed by atoms with Crippen LogP contribution in [0.25, 0.3) is 16.9 Å². The monoisotopic (exact) mass is 324 g/mol. The summed E-state index contributed by atoms with van der Waals surface area (Å²) in [4.78, 5) is 16.7. The molecule has 0 bridgehead atoms. The Morgan fingerprint density at radius 1 is 1.33 bits per heavy atom. The highest BCUT2D eigenvalue weighted by molar-refractivity contribution is 5.99. The van der Waals surface area contributed by atoms with Crippen LogP contribution in [0.2, 0.25) is 0 Å². The molecular formula is C18H20N4O2. The van der Waals surface area contributed by atoms with Gasteiger partial charge in [-0.2, -0.15) is 5.10 Å². The molecule has 6 nitrogen and oxygen atoms in total. The van der Waals surface area contributed by atoms with Crippen LogP contribution >= 0.6 is 0 Å². The summed E-state index contributed by atoms with van der Waals surface area (Å²) in [5.41, 5.74) is 4.14. The SMILES string of the molecule is COCCCNC(=O)c1cnn2c(-c3cccc(C)c3)ccnc12. The highest BCUT2D eigenvalue weighted by Crippen LogP contribution is 2.21. The van der Waals surface area contributed by atoms with Crippen LogP contribution in [0.15, 0.2) is 42.7 Å². The molecule has 0 aliphatic carbocycles. The van der Waals surface area contributed by atoms with Gasteiger partial charge in [-0.1, -0.05) is 23.8 Å². The number of fused-ring (bicyclic) bond motifs is 1. The van der Waals surface area contributed by atoms with E-state index in [-0.39, 0.29) is 5.91 Å². The third-order valence-corrected chi connectivity index (χ3v) is 3.77. The van der Waals surface area contributed by atoms with Crippen molar-refractivity contribution in [3.05, 3.63) is 53.9 Å². The lowest BCUT2D eigenvalue weighted by molar-refractivity contribution is 0.0950. The van der Waals surface area contributed by atoms with Gasteiger partial charge in [0.15, 0.2) is 5.65 Å². The molecule has 0 unspecified atom stereocenters. The Hall–Kier alpha value is -2.73. The van der Waals surface area contributed by atoms with E-state index < -0.39 is 0 Å². The van der Waals surface area contributed by atoms with E-state index in [1.807, 2.05) is 31.2 Å². The van der Waals surface area contributed by atoms with E-state index in [2.05, 4.69) is 21.5 Å². The van der Waals surface area contributed by atoms with Crippen LogP contribution in [0.1, 0.15) is 22.3 Å². The van der Waals surface area contributed by atoms with Crippen LogP contribution in [0.3, 0.4) is 0 Å². The molecule has 0 spiro atoms. The van der Waals surface area contributed by atoms with E-state index in [0.29, 0.717) is 24.4 Å². The summed E-state index contributed by atoms with van der Waals surface area (Å²) >= 11 is 0. The number of aryl methyl sites for hydroxylation is 1. The molecule has 1 aromatic carbocycles. The predicted molar refractivity (Wildman–Crippen MR) is 92.0 cm³/mol. The van der Waals surface area contributed by atoms with Crippen LogP contribution < -0.4 is 5.32 Å². The molecule has 1 amide bonds. The van der Waals surface area contributed by atoms with Crippen molar-refractivity contribution < 1.29 is 9.53 Å². The molecule has 2 aromatic heterocycles. The standard InChI is InChI=1S/C18H20N4O2/c1-13-5-3-6-14(11-13)16-7-9-19-17-15(12-21-22(16)17)18(23)20-8-4-10-24-2/h3,5-7,9,11-12H,4,8,10H2,1-2H3,(H,20,23). The smallest absolute Gasteiger partial charge is 0.256 e. The summed E-state index contributed by atoms with van der Waals surface area (Å²) in [7, 11) is 1.64. The Kier molecular flexibility index (Phi) is 4.86. The molecule has 0 fully saturated rings. The second-order valence-electron chi connectivity index (χ2n) is 5.60. The number of benzene rings is 1. The first kappa shape index (κ1) is 16.1. The predicted octanol–water partition coefficient (Wildman–Crippen LogP) is 2.47. The zero-order chi connectivity index (χ0) is 16.9. The highest BCUT2D eigenvalue weighted by Gasteiger charge is 2.15. The van der Waals surface area contributed by atoms with Gasteiger partial charge < -0.3 is 10.1 Å². The van der Waals surface area contributed by atoms with Crippen molar-refractivity contribution in [2.75, 3.05) is 20.3 Å². The van der Waals surface area contributed by atoms with Gasteiger partial charge in [-0.15, -0.1) is 0 Å². The quantitative estimate of drug-likeness (QED) is 0.707. The van der Waals surface area contributed by atoms with Gasteiger partial charge in [-0.3, -0.25) is 4.79 Å². The van der Waals surface area contributed by atoms with Gasteiger partial charge >= 0.3 is 0 Å². The Morgan fingerprint density at radius 3 is 3.00 bits per heavy atom. The lowest BCUT2D eigenvalue weighted by atomic mass is 10.1. The number of nitrogens with zero attached hydrogens (tertiary/aromatic N) is 3. The molecule has 2 heterocycles. The summed E-state index contributed by atoms with van der Waals surface area (Å²) in [5, 5.41) is 7.23. The van der Waals surface area contributed by atoms with E-state index in [4.69, 9.17) is 4.74 Å². The fourth-order valence-corrected chi connectivity index (χ4v) is 2.59. The van der Waals surface area contributed by atoms with Crippen LogP contribution in [0.5, 0.6) is 0 Å². The van der Waals surface area contributed by atoms with Gasteiger partial charge in [0.25, 0.3) is 5.91 Å². The van der Waals surface area contributed by atoms with Gasteiger partial charge in [0, 0.05) is 32.0 Å². The van der Waals surface area contributed by atoms with E-state index in [1.54, 1.807) is 24.0 Å². The van der Waals surface area contributed by atoms with Crippen molar-refractivity contribution in [1.29, 1.82) is 0 Å². The molecule has 124 valence electrons. The maximum absolute atomic E-state index is 12.3. The molecule has 6 heteroatoms. The van der Waals surface area contributed by atoms with Crippen LogP contribution in [0, 0.1) is 6.92 Å². The number of hydrogen-bond acceptors (Lipinski definition) is 4. The summed E-state index contributed by atoms with van der Waals surface area (Å²) in [6, 6.07) is 10.1. The Bertz CT molecular complexity index is 857. The highest BCUT2D eigenvalue weighted by atomic mass is 16.5. The fourth-order valence-electron chi connectivity index (χ4n) is 2.59. The molecule has 0 aliphatic rings. The topological polar surface area (TPSA) is 68.5 Å². The Labute approximate surface area is 140 Å². The number of aromatic nitrogens is 3. The fraction of sp³-hybridized carbons (Fsp3) is 0.278. The molecule has 0 radical (unpaired) electrons. The Balaban J connectivity index is 1.90. The molecule has 0 atom stereocenters. The number of hydrogen-bond donors (Lipinski definition) is 1. The molecule has 0 saturated carbocycles. The Morgan fingerprint density at radius 2 is 2.21 bits per heavy atom. The van der Waals surface area contributed by atoms with E-state index in [1.165, 1.54) is 5.56 Å². The van der Waals surface area contributed by atoms with E-state index in [0.717, 1.165) is 17.7 Å². The van der Waals surface area contributed by atoms with Crippen LogP contribution in [0.4, 0.5) is 0 Å². The summed E-state index contributed by atoms with van der Waals surface area (Å²) in [6.45, 7) is 3.22. The first-order valence-corrected chi connectivity index (χ1v) is 7.87. The van der Waals surface area contributed by atoms with Crippen LogP contribution in [-0.4, -0.2) is 40.8 Å². The molecule has 0 saturated heterocycles.